The van der Waals surface area contributed by atoms with Gasteiger partial charge in [-0.15, -0.1) is 0 Å². The van der Waals surface area contributed by atoms with Crippen LogP contribution in [0.2, 0.25) is 0 Å². The van der Waals surface area contributed by atoms with E-state index in [1.807, 2.05) is 31.2 Å². The normalized spacial score (nSPS) is 13.6. The van der Waals surface area contributed by atoms with Gasteiger partial charge in [-0.25, -0.2) is 4.79 Å². The third kappa shape index (κ3) is 2.54. The Balaban J connectivity index is 2.42. The number of carbonyl (C=O) groups is 1. The predicted octanol–water partition coefficient (Wildman–Crippen LogP) is 2.20. The first-order chi connectivity index (χ1) is 9.04. The summed E-state index contributed by atoms with van der Waals surface area (Å²) in [5, 5.41) is 12.5. The highest BCUT2D eigenvalue weighted by molar-refractivity contribution is 5.83. The minimum Gasteiger partial charge on any atom is -0.479 e. The maximum Gasteiger partial charge on any atom is 0.335 e. The van der Waals surface area contributed by atoms with E-state index in [2.05, 4.69) is 15.3 Å². The van der Waals surface area contributed by atoms with Crippen LogP contribution < -0.4 is 5.32 Å². The Bertz CT molecular complexity index is 586. The predicted molar refractivity (Wildman–Crippen MR) is 71.8 cm³/mol. The van der Waals surface area contributed by atoms with Crippen LogP contribution in [0.3, 0.4) is 0 Å². The van der Waals surface area contributed by atoms with Gasteiger partial charge in [0.25, 0.3) is 0 Å². The summed E-state index contributed by atoms with van der Waals surface area (Å²) in [6.07, 6.45) is 4.45. The third-order valence-electron chi connectivity index (χ3n) is 3.03. The lowest BCUT2D eigenvalue weighted by Gasteiger charge is -2.27. The molecular weight excluding hydrogens is 242 g/mol. The van der Waals surface area contributed by atoms with Crippen LogP contribution in [-0.4, -0.2) is 21.0 Å². The second kappa shape index (κ2) is 5.06. The zero-order valence-corrected chi connectivity index (χ0v) is 10.8. The molecule has 0 spiro atoms. The van der Waals surface area contributed by atoms with E-state index in [-0.39, 0.29) is 0 Å². The van der Waals surface area contributed by atoms with Crippen molar-refractivity contribution in [2.24, 2.45) is 0 Å². The quantitative estimate of drug-likeness (QED) is 0.878. The van der Waals surface area contributed by atoms with Crippen molar-refractivity contribution in [3.05, 3.63) is 54.1 Å². The van der Waals surface area contributed by atoms with Crippen LogP contribution >= 0.6 is 0 Å². The van der Waals surface area contributed by atoms with Crippen LogP contribution in [-0.2, 0) is 10.3 Å². The molecule has 1 atom stereocenters. The molecule has 0 bridgehead atoms. The Morgan fingerprint density at radius 2 is 2.05 bits per heavy atom. The fourth-order valence-corrected chi connectivity index (χ4v) is 1.77. The van der Waals surface area contributed by atoms with Crippen LogP contribution in [0.15, 0.2) is 42.9 Å². The number of aryl methyl sites for hydroxylation is 1. The van der Waals surface area contributed by atoms with Crippen molar-refractivity contribution in [3.63, 3.8) is 0 Å². The van der Waals surface area contributed by atoms with E-state index in [9.17, 15) is 9.90 Å². The first kappa shape index (κ1) is 13.0. The van der Waals surface area contributed by atoms with Crippen molar-refractivity contribution in [2.45, 2.75) is 19.4 Å². The molecule has 0 aliphatic carbocycles. The topological polar surface area (TPSA) is 75.1 Å². The Labute approximate surface area is 111 Å². The Kier molecular flexibility index (Phi) is 3.46. The number of carboxylic acid groups (broad SMARTS) is 1. The highest BCUT2D eigenvalue weighted by Crippen LogP contribution is 2.26. The van der Waals surface area contributed by atoms with E-state index in [1.165, 1.54) is 18.6 Å². The van der Waals surface area contributed by atoms with Crippen molar-refractivity contribution in [2.75, 3.05) is 5.32 Å². The van der Waals surface area contributed by atoms with E-state index >= 15 is 0 Å². The molecule has 19 heavy (non-hydrogen) atoms. The number of nitrogens with one attached hydrogen (secondary N) is 1. The van der Waals surface area contributed by atoms with Crippen LogP contribution in [0, 0.1) is 6.92 Å². The molecule has 0 saturated heterocycles. The maximum absolute atomic E-state index is 11.6. The van der Waals surface area contributed by atoms with E-state index in [4.69, 9.17) is 0 Å². The van der Waals surface area contributed by atoms with Crippen molar-refractivity contribution >= 4 is 11.7 Å². The smallest absolute Gasteiger partial charge is 0.335 e. The van der Waals surface area contributed by atoms with E-state index < -0.39 is 11.5 Å². The van der Waals surface area contributed by atoms with Crippen molar-refractivity contribution in [3.8, 4) is 0 Å². The SMILES string of the molecule is Cc1ccccc1NC(C)(C(=O)O)c1cnccn1. The summed E-state index contributed by atoms with van der Waals surface area (Å²) in [7, 11) is 0. The molecule has 0 amide bonds. The van der Waals surface area contributed by atoms with Gasteiger partial charge in [0.05, 0.1) is 11.9 Å². The van der Waals surface area contributed by atoms with Gasteiger partial charge in [-0.05, 0) is 25.5 Å². The molecule has 2 aromatic rings. The first-order valence-corrected chi connectivity index (χ1v) is 5.88. The summed E-state index contributed by atoms with van der Waals surface area (Å²) in [5.74, 6) is -1.00. The fraction of sp³-hybridized carbons (Fsp3) is 0.214. The Morgan fingerprint density at radius 3 is 2.63 bits per heavy atom. The number of nitrogens with zero attached hydrogens (tertiary/aromatic N) is 2. The molecule has 0 aliphatic heterocycles. The highest BCUT2D eigenvalue weighted by atomic mass is 16.4. The molecule has 0 fully saturated rings. The van der Waals surface area contributed by atoms with Gasteiger partial charge in [-0.2, -0.15) is 0 Å². The molecule has 5 nitrogen and oxygen atoms in total. The summed E-state index contributed by atoms with van der Waals surface area (Å²) < 4.78 is 0. The molecule has 0 radical (unpaired) electrons. The van der Waals surface area contributed by atoms with Crippen LogP contribution in [0.1, 0.15) is 18.2 Å². The lowest BCUT2D eigenvalue weighted by atomic mass is 9.97. The average molecular weight is 257 g/mol. The van der Waals surface area contributed by atoms with Crippen LogP contribution in [0.5, 0.6) is 0 Å². The molecule has 2 N–H and O–H groups in total. The number of benzene rings is 1. The van der Waals surface area contributed by atoms with Gasteiger partial charge in [0.1, 0.15) is 0 Å². The first-order valence-electron chi connectivity index (χ1n) is 5.88. The number of aliphatic carboxylic acids is 1. The standard InChI is InChI=1S/C14H15N3O2/c1-10-5-3-4-6-11(10)17-14(2,13(18)19)12-9-15-7-8-16-12/h3-9,17H,1-2H3,(H,18,19). The van der Waals surface area contributed by atoms with E-state index in [0.717, 1.165) is 11.3 Å². The summed E-state index contributed by atoms with van der Waals surface area (Å²) in [5.41, 5.74) is 0.781. The largest absolute Gasteiger partial charge is 0.479 e. The van der Waals surface area contributed by atoms with Crippen molar-refractivity contribution in [1.29, 1.82) is 0 Å². The average Bonchev–Trinajstić information content (AvgIpc) is 2.42. The molecule has 1 unspecified atom stereocenters. The minimum atomic E-state index is -1.32. The van der Waals surface area contributed by atoms with E-state index in [0.29, 0.717) is 5.69 Å². The number of rotatable bonds is 4. The summed E-state index contributed by atoms with van der Waals surface area (Å²) >= 11 is 0. The van der Waals surface area contributed by atoms with Gasteiger partial charge >= 0.3 is 5.97 Å². The zero-order chi connectivity index (χ0) is 13.9. The van der Waals surface area contributed by atoms with Gasteiger partial charge in [-0.1, -0.05) is 18.2 Å². The Morgan fingerprint density at radius 1 is 1.32 bits per heavy atom. The molecule has 0 aliphatic rings. The van der Waals surface area contributed by atoms with Gasteiger partial charge in [0.2, 0.25) is 0 Å². The van der Waals surface area contributed by atoms with Crippen molar-refractivity contribution < 1.29 is 9.90 Å². The van der Waals surface area contributed by atoms with Crippen LogP contribution in [0.4, 0.5) is 5.69 Å². The molecule has 1 heterocycles. The molecule has 1 aromatic heterocycles. The Hall–Kier alpha value is -2.43. The molecule has 1 aromatic carbocycles. The number of anilines is 1. The lowest BCUT2D eigenvalue weighted by Crippen LogP contribution is -2.41. The monoisotopic (exact) mass is 257 g/mol. The zero-order valence-electron chi connectivity index (χ0n) is 10.8. The maximum atomic E-state index is 11.6. The second-order valence-electron chi connectivity index (χ2n) is 4.46. The van der Waals surface area contributed by atoms with Crippen molar-refractivity contribution in [1.82, 2.24) is 9.97 Å². The van der Waals surface area contributed by atoms with Crippen LogP contribution in [0.25, 0.3) is 0 Å². The highest BCUT2D eigenvalue weighted by Gasteiger charge is 2.37. The molecular formula is C14H15N3O2. The molecule has 2 rings (SSSR count). The number of aromatic nitrogens is 2. The number of hydrogen-bond donors (Lipinski definition) is 2. The molecule has 98 valence electrons. The molecule has 0 saturated carbocycles. The summed E-state index contributed by atoms with van der Waals surface area (Å²) in [6.45, 7) is 3.49. The van der Waals surface area contributed by atoms with Gasteiger partial charge in [-0.3, -0.25) is 9.97 Å². The summed E-state index contributed by atoms with van der Waals surface area (Å²) in [4.78, 5) is 19.6. The van der Waals surface area contributed by atoms with Gasteiger partial charge < -0.3 is 10.4 Å². The number of hydrogen-bond acceptors (Lipinski definition) is 4. The lowest BCUT2D eigenvalue weighted by molar-refractivity contribution is -0.142. The molecule has 5 heteroatoms. The number of para-hydroxylation sites is 1. The van der Waals surface area contributed by atoms with Gasteiger partial charge in [0.15, 0.2) is 5.54 Å². The fourth-order valence-electron chi connectivity index (χ4n) is 1.77. The summed E-state index contributed by atoms with van der Waals surface area (Å²) in [6, 6.07) is 7.52. The third-order valence-corrected chi connectivity index (χ3v) is 3.03. The van der Waals surface area contributed by atoms with E-state index in [1.54, 1.807) is 6.92 Å². The van der Waals surface area contributed by atoms with Gasteiger partial charge in [0, 0.05) is 18.1 Å². The second-order valence-corrected chi connectivity index (χ2v) is 4.46. The number of carboxylic acids is 1. The minimum absolute atomic E-state index is 0.366.